The summed E-state index contributed by atoms with van der Waals surface area (Å²) in [6.07, 6.45) is 1.06. The Morgan fingerprint density at radius 1 is 1.23 bits per heavy atom. The molecule has 0 amide bonds. The van der Waals surface area contributed by atoms with Gasteiger partial charge in [0.05, 0.1) is 24.9 Å². The van der Waals surface area contributed by atoms with E-state index in [0.717, 1.165) is 37.6 Å². The maximum Gasteiger partial charge on any atom is 0.129 e. The van der Waals surface area contributed by atoms with Crippen molar-refractivity contribution >= 4 is 0 Å². The molecule has 6 heteroatoms. The highest BCUT2D eigenvalue weighted by Gasteiger charge is 2.32. The summed E-state index contributed by atoms with van der Waals surface area (Å²) in [7, 11) is 0. The number of β-amino-alcohol motifs (C(OH)–C–C–N with tert-alkyl or cyclic N) is 1. The van der Waals surface area contributed by atoms with Crippen molar-refractivity contribution in [2.45, 2.75) is 31.2 Å². The van der Waals surface area contributed by atoms with Gasteiger partial charge in [-0.25, -0.2) is 8.78 Å². The fraction of sp³-hybridized carbons (Fsp3) is 0.625. The first-order valence-electron chi connectivity index (χ1n) is 7.72. The van der Waals surface area contributed by atoms with Gasteiger partial charge in [-0.15, -0.1) is 0 Å². The van der Waals surface area contributed by atoms with E-state index < -0.39 is 17.7 Å². The Morgan fingerprint density at radius 3 is 2.82 bits per heavy atom. The van der Waals surface area contributed by atoms with Gasteiger partial charge in [0.2, 0.25) is 0 Å². The predicted molar refractivity (Wildman–Crippen MR) is 76.5 cm³/mol. The first-order valence-corrected chi connectivity index (χ1v) is 7.72. The van der Waals surface area contributed by atoms with Crippen LogP contribution in [0.15, 0.2) is 18.2 Å². The van der Waals surface area contributed by atoms with Gasteiger partial charge in [-0.3, -0.25) is 4.90 Å². The van der Waals surface area contributed by atoms with Gasteiger partial charge in [0.25, 0.3) is 0 Å². The van der Waals surface area contributed by atoms with Crippen LogP contribution in [0.1, 0.15) is 24.5 Å². The van der Waals surface area contributed by atoms with E-state index in [4.69, 9.17) is 9.47 Å². The molecule has 2 fully saturated rings. The van der Waals surface area contributed by atoms with E-state index in [1.54, 1.807) is 0 Å². The zero-order chi connectivity index (χ0) is 15.5. The summed E-state index contributed by atoms with van der Waals surface area (Å²) in [5.41, 5.74) is 0.000146. The molecule has 3 rings (SSSR count). The van der Waals surface area contributed by atoms with E-state index >= 15 is 0 Å². The summed E-state index contributed by atoms with van der Waals surface area (Å²) >= 11 is 0. The predicted octanol–water partition coefficient (Wildman–Crippen LogP) is 1.88. The van der Waals surface area contributed by atoms with Gasteiger partial charge in [-0.2, -0.15) is 0 Å². The lowest BCUT2D eigenvalue weighted by molar-refractivity contribution is -0.0997. The number of halogens is 2. The molecule has 2 aliphatic rings. The van der Waals surface area contributed by atoms with Crippen molar-refractivity contribution in [3.05, 3.63) is 35.4 Å². The quantitative estimate of drug-likeness (QED) is 0.921. The molecule has 3 unspecified atom stereocenters. The van der Waals surface area contributed by atoms with Crippen molar-refractivity contribution in [1.29, 1.82) is 0 Å². The number of ether oxygens (including phenoxy) is 2. The van der Waals surface area contributed by atoms with Crippen LogP contribution in [0.25, 0.3) is 0 Å². The van der Waals surface area contributed by atoms with Crippen LogP contribution in [0.3, 0.4) is 0 Å². The molecule has 122 valence electrons. The van der Waals surface area contributed by atoms with Gasteiger partial charge >= 0.3 is 0 Å². The Balaban J connectivity index is 1.60. The van der Waals surface area contributed by atoms with Gasteiger partial charge in [-0.05, 0) is 31.0 Å². The summed E-state index contributed by atoms with van der Waals surface area (Å²) in [5.74, 6) is -1.13. The van der Waals surface area contributed by atoms with Gasteiger partial charge in [0.15, 0.2) is 0 Å². The number of hydrogen-bond donors (Lipinski definition) is 1. The first kappa shape index (κ1) is 15.8. The van der Waals surface area contributed by atoms with Crippen molar-refractivity contribution in [2.24, 2.45) is 0 Å². The molecule has 0 saturated carbocycles. The lowest BCUT2D eigenvalue weighted by Crippen LogP contribution is -2.48. The highest BCUT2D eigenvalue weighted by Crippen LogP contribution is 2.24. The topological polar surface area (TPSA) is 41.9 Å². The van der Waals surface area contributed by atoms with Crippen LogP contribution < -0.4 is 0 Å². The molecular formula is C16H21F2NO3. The summed E-state index contributed by atoms with van der Waals surface area (Å²) in [4.78, 5) is 2.02. The van der Waals surface area contributed by atoms with E-state index in [0.29, 0.717) is 19.7 Å². The molecule has 0 spiro atoms. The highest BCUT2D eigenvalue weighted by atomic mass is 19.1. The number of hydrogen-bond acceptors (Lipinski definition) is 4. The van der Waals surface area contributed by atoms with Gasteiger partial charge in [0.1, 0.15) is 11.6 Å². The summed E-state index contributed by atoms with van der Waals surface area (Å²) < 4.78 is 38.3. The van der Waals surface area contributed by atoms with Crippen LogP contribution in [0, 0.1) is 11.6 Å². The van der Waals surface area contributed by atoms with Crippen molar-refractivity contribution in [1.82, 2.24) is 4.90 Å². The average molecular weight is 313 g/mol. The largest absolute Gasteiger partial charge is 0.387 e. The molecule has 0 radical (unpaired) electrons. The molecule has 4 nitrogen and oxygen atoms in total. The molecule has 1 N–H and O–H groups in total. The van der Waals surface area contributed by atoms with E-state index in [-0.39, 0.29) is 24.3 Å². The van der Waals surface area contributed by atoms with Gasteiger partial charge in [0, 0.05) is 31.8 Å². The third-order valence-corrected chi connectivity index (χ3v) is 4.31. The lowest BCUT2D eigenvalue weighted by Gasteiger charge is -2.36. The van der Waals surface area contributed by atoms with Crippen LogP contribution >= 0.6 is 0 Å². The van der Waals surface area contributed by atoms with Crippen molar-refractivity contribution in [3.63, 3.8) is 0 Å². The second kappa shape index (κ2) is 7.00. The highest BCUT2D eigenvalue weighted by molar-refractivity contribution is 5.21. The van der Waals surface area contributed by atoms with Crippen molar-refractivity contribution in [2.75, 3.05) is 32.8 Å². The average Bonchev–Trinajstić information content (AvgIpc) is 3.04. The van der Waals surface area contributed by atoms with E-state index in [1.807, 2.05) is 4.90 Å². The molecule has 0 aliphatic carbocycles. The second-order valence-electron chi connectivity index (χ2n) is 5.90. The van der Waals surface area contributed by atoms with E-state index in [1.165, 1.54) is 0 Å². The Labute approximate surface area is 128 Å². The first-order chi connectivity index (χ1) is 10.6. The molecule has 22 heavy (non-hydrogen) atoms. The smallest absolute Gasteiger partial charge is 0.129 e. The number of aliphatic hydroxyl groups is 1. The zero-order valence-electron chi connectivity index (χ0n) is 12.4. The van der Waals surface area contributed by atoms with Crippen LogP contribution in [0.5, 0.6) is 0 Å². The summed E-state index contributed by atoms with van der Waals surface area (Å²) in [6.45, 7) is 2.88. The number of rotatable bonds is 4. The van der Waals surface area contributed by atoms with Crippen molar-refractivity contribution in [3.8, 4) is 0 Å². The maximum atomic E-state index is 13.7. The summed E-state index contributed by atoms with van der Waals surface area (Å²) in [5, 5.41) is 10.2. The minimum absolute atomic E-state index is 0.000146. The summed E-state index contributed by atoms with van der Waals surface area (Å²) in [6, 6.07) is 3.15. The number of nitrogens with zero attached hydrogens (tertiary/aromatic N) is 1. The Hall–Kier alpha value is -1.08. The number of aliphatic hydroxyl groups excluding tert-OH is 1. The molecule has 0 bridgehead atoms. The Bertz CT molecular complexity index is 508. The third kappa shape index (κ3) is 3.63. The minimum atomic E-state index is -1.06. The molecule has 1 aromatic carbocycles. The maximum absolute atomic E-state index is 13.7. The fourth-order valence-electron chi connectivity index (χ4n) is 3.13. The standard InChI is InChI=1S/C16H21F2NO3/c17-11-3-4-13(18)12(8-11)14(20)9-19-5-7-22-16(10-19)15-2-1-6-21-15/h3-4,8,14-16,20H,1-2,5-7,9-10H2. The molecule has 2 aliphatic heterocycles. The van der Waals surface area contributed by atoms with Crippen LogP contribution in [0.2, 0.25) is 0 Å². The van der Waals surface area contributed by atoms with E-state index in [9.17, 15) is 13.9 Å². The van der Waals surface area contributed by atoms with Crippen LogP contribution in [-0.4, -0.2) is 55.1 Å². The molecular weight excluding hydrogens is 292 g/mol. The fourth-order valence-corrected chi connectivity index (χ4v) is 3.13. The van der Waals surface area contributed by atoms with E-state index in [2.05, 4.69) is 0 Å². The molecule has 3 atom stereocenters. The van der Waals surface area contributed by atoms with Gasteiger partial charge < -0.3 is 14.6 Å². The van der Waals surface area contributed by atoms with Crippen molar-refractivity contribution < 1.29 is 23.4 Å². The Kier molecular flexibility index (Phi) is 5.03. The van der Waals surface area contributed by atoms with Crippen LogP contribution in [0.4, 0.5) is 8.78 Å². The molecule has 2 saturated heterocycles. The Morgan fingerprint density at radius 2 is 2.05 bits per heavy atom. The molecule has 0 aromatic heterocycles. The lowest BCUT2D eigenvalue weighted by atomic mass is 10.1. The van der Waals surface area contributed by atoms with Crippen LogP contribution in [-0.2, 0) is 9.47 Å². The SMILES string of the molecule is OC(CN1CCOC(C2CCCO2)C1)c1cc(F)ccc1F. The molecule has 2 heterocycles. The molecule has 1 aromatic rings. The minimum Gasteiger partial charge on any atom is -0.387 e. The monoisotopic (exact) mass is 313 g/mol. The zero-order valence-corrected chi connectivity index (χ0v) is 12.4. The number of morpholine rings is 1. The third-order valence-electron chi connectivity index (χ3n) is 4.31. The normalized spacial score (nSPS) is 28.0. The second-order valence-corrected chi connectivity index (χ2v) is 5.90. The van der Waals surface area contributed by atoms with Gasteiger partial charge in [-0.1, -0.05) is 0 Å². The number of benzene rings is 1.